The monoisotopic (exact) mass is 279 g/mol. The molecule has 20 heavy (non-hydrogen) atoms. The summed E-state index contributed by atoms with van der Waals surface area (Å²) in [5.74, 6) is 0.489. The van der Waals surface area contributed by atoms with Crippen molar-refractivity contribution >= 4 is 5.91 Å². The Morgan fingerprint density at radius 2 is 1.70 bits per heavy atom. The summed E-state index contributed by atoms with van der Waals surface area (Å²) < 4.78 is 0. The number of rotatable bonds is 4. The van der Waals surface area contributed by atoms with Crippen molar-refractivity contribution in [1.29, 1.82) is 0 Å². The molecule has 2 N–H and O–H groups in total. The smallest absolute Gasteiger partial charge is 0.225 e. The summed E-state index contributed by atoms with van der Waals surface area (Å²) in [4.78, 5) is 14.8. The first-order chi connectivity index (χ1) is 9.80. The maximum atomic E-state index is 12.1. The summed E-state index contributed by atoms with van der Waals surface area (Å²) in [5, 5.41) is 6.45. The van der Waals surface area contributed by atoms with Gasteiger partial charge in [-0.3, -0.25) is 9.69 Å². The van der Waals surface area contributed by atoms with Crippen LogP contribution in [-0.2, 0) is 4.79 Å². The van der Waals surface area contributed by atoms with Gasteiger partial charge in [-0.2, -0.15) is 0 Å². The Balaban J connectivity index is 1.60. The van der Waals surface area contributed by atoms with Gasteiger partial charge in [0.25, 0.3) is 0 Å². The number of nitrogens with zero attached hydrogens (tertiary/aromatic N) is 1. The van der Waals surface area contributed by atoms with Crippen LogP contribution in [0.15, 0.2) is 0 Å². The maximum absolute atomic E-state index is 12.1. The molecule has 3 fully saturated rings. The van der Waals surface area contributed by atoms with Gasteiger partial charge in [-0.25, -0.2) is 0 Å². The molecule has 2 aliphatic heterocycles. The van der Waals surface area contributed by atoms with Crippen LogP contribution in [0.2, 0.25) is 0 Å². The number of carbonyl (C=O) groups is 1. The molecule has 0 spiro atoms. The fourth-order valence-corrected chi connectivity index (χ4v) is 4.05. The topological polar surface area (TPSA) is 44.4 Å². The third-order valence-corrected chi connectivity index (χ3v) is 5.56. The molecule has 1 aliphatic carbocycles. The lowest BCUT2D eigenvalue weighted by Crippen LogP contribution is -2.60. The van der Waals surface area contributed by atoms with Crippen molar-refractivity contribution in [3.63, 3.8) is 0 Å². The first-order valence-electron chi connectivity index (χ1n) is 8.54. The molecule has 4 nitrogen and oxygen atoms in total. The van der Waals surface area contributed by atoms with Crippen LogP contribution in [0.5, 0.6) is 0 Å². The predicted molar refractivity (Wildman–Crippen MR) is 80.6 cm³/mol. The average Bonchev–Trinajstić information content (AvgIpc) is 2.45. The Kier molecular flexibility index (Phi) is 4.61. The standard InChI is InChI=1S/C16H29N3O/c20-15(14-11-17-12-14)18-13-16(7-3-1-4-8-16)19-9-5-2-6-10-19/h14,17H,1-13H2,(H,18,20). The molecule has 0 aromatic heterocycles. The average molecular weight is 279 g/mol. The summed E-state index contributed by atoms with van der Waals surface area (Å²) in [6.07, 6.45) is 10.6. The molecule has 0 atom stereocenters. The normalized spacial score (nSPS) is 27.8. The molecule has 2 saturated heterocycles. The third kappa shape index (κ3) is 3.01. The molecule has 0 radical (unpaired) electrons. The van der Waals surface area contributed by atoms with E-state index in [4.69, 9.17) is 0 Å². The number of amides is 1. The number of carbonyl (C=O) groups excluding carboxylic acids is 1. The second-order valence-corrected chi connectivity index (χ2v) is 6.91. The van der Waals surface area contributed by atoms with Crippen LogP contribution in [0.4, 0.5) is 0 Å². The summed E-state index contributed by atoms with van der Waals surface area (Å²) >= 11 is 0. The van der Waals surface area contributed by atoms with Crippen molar-refractivity contribution < 1.29 is 4.79 Å². The quantitative estimate of drug-likeness (QED) is 0.820. The fraction of sp³-hybridized carbons (Fsp3) is 0.938. The first kappa shape index (κ1) is 14.3. The molecule has 0 unspecified atom stereocenters. The van der Waals surface area contributed by atoms with Crippen LogP contribution in [0, 0.1) is 5.92 Å². The lowest BCUT2D eigenvalue weighted by atomic mass is 9.79. The van der Waals surface area contributed by atoms with E-state index < -0.39 is 0 Å². The van der Waals surface area contributed by atoms with Crippen molar-refractivity contribution in [2.75, 3.05) is 32.7 Å². The van der Waals surface area contributed by atoms with Crippen LogP contribution in [0.25, 0.3) is 0 Å². The molecule has 0 bridgehead atoms. The molecule has 2 heterocycles. The highest BCUT2D eigenvalue weighted by molar-refractivity contribution is 5.80. The van der Waals surface area contributed by atoms with Crippen molar-refractivity contribution in [2.45, 2.75) is 56.9 Å². The Hall–Kier alpha value is -0.610. The molecular formula is C16H29N3O. The van der Waals surface area contributed by atoms with E-state index in [0.717, 1.165) is 19.6 Å². The van der Waals surface area contributed by atoms with Crippen molar-refractivity contribution in [1.82, 2.24) is 15.5 Å². The van der Waals surface area contributed by atoms with E-state index in [1.165, 1.54) is 64.5 Å². The molecular weight excluding hydrogens is 250 g/mol. The molecule has 1 amide bonds. The number of hydrogen-bond donors (Lipinski definition) is 2. The molecule has 0 aromatic rings. The van der Waals surface area contributed by atoms with E-state index in [9.17, 15) is 4.79 Å². The van der Waals surface area contributed by atoms with Gasteiger partial charge in [-0.05, 0) is 38.8 Å². The Morgan fingerprint density at radius 3 is 2.30 bits per heavy atom. The SMILES string of the molecule is O=C(NCC1(N2CCCCC2)CCCCC1)C1CNC1. The van der Waals surface area contributed by atoms with Gasteiger partial charge in [0.1, 0.15) is 0 Å². The third-order valence-electron chi connectivity index (χ3n) is 5.56. The predicted octanol–water partition coefficient (Wildman–Crippen LogP) is 1.51. The van der Waals surface area contributed by atoms with Crippen LogP contribution < -0.4 is 10.6 Å². The zero-order chi connectivity index (χ0) is 13.8. The number of piperidine rings is 1. The van der Waals surface area contributed by atoms with Crippen LogP contribution in [0.1, 0.15) is 51.4 Å². The van der Waals surface area contributed by atoms with Crippen molar-refractivity contribution in [3.8, 4) is 0 Å². The van der Waals surface area contributed by atoms with Gasteiger partial charge in [-0.1, -0.05) is 25.7 Å². The van der Waals surface area contributed by atoms with Gasteiger partial charge in [0, 0.05) is 25.2 Å². The highest BCUT2D eigenvalue weighted by atomic mass is 16.2. The van der Waals surface area contributed by atoms with Gasteiger partial charge in [0.2, 0.25) is 5.91 Å². The Bertz CT molecular complexity index is 329. The lowest BCUT2D eigenvalue weighted by molar-refractivity contribution is -0.127. The minimum Gasteiger partial charge on any atom is -0.354 e. The maximum Gasteiger partial charge on any atom is 0.225 e. The first-order valence-corrected chi connectivity index (χ1v) is 8.54. The second kappa shape index (κ2) is 6.44. The van der Waals surface area contributed by atoms with E-state index in [2.05, 4.69) is 15.5 Å². The van der Waals surface area contributed by atoms with E-state index in [-0.39, 0.29) is 17.4 Å². The Morgan fingerprint density at radius 1 is 1.05 bits per heavy atom. The minimum absolute atomic E-state index is 0.219. The van der Waals surface area contributed by atoms with E-state index in [0.29, 0.717) is 0 Å². The van der Waals surface area contributed by atoms with Gasteiger partial charge in [-0.15, -0.1) is 0 Å². The summed E-state index contributed by atoms with van der Waals surface area (Å²) in [5.41, 5.74) is 0.269. The molecule has 3 rings (SSSR count). The highest BCUT2D eigenvalue weighted by Crippen LogP contribution is 2.35. The second-order valence-electron chi connectivity index (χ2n) is 6.91. The molecule has 114 valence electrons. The van der Waals surface area contributed by atoms with Crippen LogP contribution in [-0.4, -0.2) is 49.1 Å². The zero-order valence-corrected chi connectivity index (χ0v) is 12.6. The molecule has 1 saturated carbocycles. The molecule has 4 heteroatoms. The van der Waals surface area contributed by atoms with Gasteiger partial charge >= 0.3 is 0 Å². The molecule has 3 aliphatic rings. The zero-order valence-electron chi connectivity index (χ0n) is 12.6. The highest BCUT2D eigenvalue weighted by Gasteiger charge is 2.39. The molecule has 0 aromatic carbocycles. The minimum atomic E-state index is 0.219. The number of nitrogens with one attached hydrogen (secondary N) is 2. The summed E-state index contributed by atoms with van der Waals surface area (Å²) in [6, 6.07) is 0. The number of likely N-dealkylation sites (tertiary alicyclic amines) is 1. The van der Waals surface area contributed by atoms with Gasteiger partial charge in [0.05, 0.1) is 5.92 Å². The van der Waals surface area contributed by atoms with Gasteiger partial charge in [0.15, 0.2) is 0 Å². The summed E-state index contributed by atoms with van der Waals surface area (Å²) in [6.45, 7) is 5.08. The van der Waals surface area contributed by atoms with E-state index in [1.807, 2.05) is 0 Å². The van der Waals surface area contributed by atoms with E-state index >= 15 is 0 Å². The van der Waals surface area contributed by atoms with E-state index in [1.54, 1.807) is 0 Å². The van der Waals surface area contributed by atoms with Crippen LogP contribution in [0.3, 0.4) is 0 Å². The van der Waals surface area contributed by atoms with Crippen molar-refractivity contribution in [3.05, 3.63) is 0 Å². The summed E-state index contributed by atoms with van der Waals surface area (Å²) in [7, 11) is 0. The number of hydrogen-bond acceptors (Lipinski definition) is 3. The van der Waals surface area contributed by atoms with Crippen LogP contribution >= 0.6 is 0 Å². The van der Waals surface area contributed by atoms with Gasteiger partial charge < -0.3 is 10.6 Å². The largest absolute Gasteiger partial charge is 0.354 e. The fourth-order valence-electron chi connectivity index (χ4n) is 4.05. The lowest BCUT2D eigenvalue weighted by Gasteiger charge is -2.48. The Labute approximate surface area is 122 Å². The van der Waals surface area contributed by atoms with Crippen molar-refractivity contribution in [2.24, 2.45) is 5.92 Å².